The highest BCUT2D eigenvalue weighted by Crippen LogP contribution is 2.38. The molecule has 1 rings (SSSR count). The van der Waals surface area contributed by atoms with E-state index < -0.39 is 34.3 Å². The van der Waals surface area contributed by atoms with Gasteiger partial charge in [-0.15, -0.1) is 0 Å². The third-order valence-electron chi connectivity index (χ3n) is 1.60. The van der Waals surface area contributed by atoms with E-state index in [1.807, 2.05) is 0 Å². The molecule has 72 valence electrons. The molecule has 0 aromatic heterocycles. The van der Waals surface area contributed by atoms with Crippen molar-refractivity contribution in [2.45, 2.75) is 0 Å². The molecule has 0 aliphatic heterocycles. The minimum absolute atomic E-state index is 0.569. The van der Waals surface area contributed by atoms with Gasteiger partial charge in [0, 0.05) is 0 Å². The van der Waals surface area contributed by atoms with Crippen molar-refractivity contribution in [3.8, 4) is 23.3 Å². The average molecular weight is 195 g/mol. The Hall–Kier alpha value is -2.42. The number of rotatable bonds is 1. The lowest BCUT2D eigenvalue weighted by Gasteiger charge is -2.05. The van der Waals surface area contributed by atoms with Crippen molar-refractivity contribution in [2.75, 3.05) is 0 Å². The fourth-order valence-electron chi connectivity index (χ4n) is 0.926. The summed E-state index contributed by atoms with van der Waals surface area (Å²) in [5, 5.41) is 44.1. The van der Waals surface area contributed by atoms with Crippen LogP contribution < -0.4 is 0 Å². The average Bonchev–Trinajstić information content (AvgIpc) is 2.13. The standard InChI is InChI=1S/C8H5NO5/c9-2-4-3(8(13)14)1-5(10)7(12)6(4)11/h1,10-12H,(H,13,14). The number of hydrogen-bond donors (Lipinski definition) is 4. The summed E-state index contributed by atoms with van der Waals surface area (Å²) in [4.78, 5) is 10.5. The molecule has 0 heterocycles. The number of phenols is 3. The number of phenolic OH excluding ortho intramolecular Hbond substituents is 3. The second kappa shape index (κ2) is 3.14. The Morgan fingerprint density at radius 3 is 2.29 bits per heavy atom. The SMILES string of the molecule is N#Cc1c(C(=O)O)cc(O)c(O)c1O. The molecule has 0 aliphatic rings. The molecule has 0 unspecified atom stereocenters. The van der Waals surface area contributed by atoms with Crippen molar-refractivity contribution in [1.29, 1.82) is 5.26 Å². The number of carboxylic acid groups (broad SMARTS) is 1. The van der Waals surface area contributed by atoms with Gasteiger partial charge in [0.25, 0.3) is 0 Å². The number of aromatic hydroxyl groups is 3. The minimum Gasteiger partial charge on any atom is -0.504 e. The molecule has 1 aromatic rings. The van der Waals surface area contributed by atoms with Gasteiger partial charge in [0.15, 0.2) is 11.5 Å². The van der Waals surface area contributed by atoms with Gasteiger partial charge in [0.1, 0.15) is 11.6 Å². The predicted octanol–water partition coefficient (Wildman–Crippen LogP) is 0.373. The van der Waals surface area contributed by atoms with Crippen LogP contribution in [0.4, 0.5) is 0 Å². The molecule has 6 nitrogen and oxygen atoms in total. The number of carbonyl (C=O) groups is 1. The van der Waals surface area contributed by atoms with Gasteiger partial charge < -0.3 is 20.4 Å². The molecule has 14 heavy (non-hydrogen) atoms. The fraction of sp³-hybridized carbons (Fsp3) is 0. The van der Waals surface area contributed by atoms with E-state index in [4.69, 9.17) is 25.7 Å². The van der Waals surface area contributed by atoms with Crippen LogP contribution in [0.3, 0.4) is 0 Å². The lowest BCUT2D eigenvalue weighted by atomic mass is 10.1. The van der Waals surface area contributed by atoms with Crippen LogP contribution in [0.25, 0.3) is 0 Å². The molecule has 1 aromatic carbocycles. The molecule has 0 spiro atoms. The van der Waals surface area contributed by atoms with Crippen LogP contribution in [-0.4, -0.2) is 26.4 Å². The zero-order chi connectivity index (χ0) is 10.9. The van der Waals surface area contributed by atoms with Crippen LogP contribution in [0.15, 0.2) is 6.07 Å². The summed E-state index contributed by atoms with van der Waals surface area (Å²) in [7, 11) is 0. The third-order valence-corrected chi connectivity index (χ3v) is 1.60. The summed E-state index contributed by atoms with van der Waals surface area (Å²) in [6, 6.07) is 2.10. The van der Waals surface area contributed by atoms with Gasteiger partial charge in [-0.05, 0) is 6.07 Å². The van der Waals surface area contributed by atoms with Gasteiger partial charge in [-0.25, -0.2) is 4.79 Å². The van der Waals surface area contributed by atoms with E-state index in [0.29, 0.717) is 6.07 Å². The zero-order valence-electron chi connectivity index (χ0n) is 6.72. The molecule has 6 heteroatoms. The summed E-state index contributed by atoms with van der Waals surface area (Å²) in [6.45, 7) is 0. The van der Waals surface area contributed by atoms with Gasteiger partial charge >= 0.3 is 5.97 Å². The quantitative estimate of drug-likeness (QED) is 0.480. The Kier molecular flexibility index (Phi) is 2.17. The van der Waals surface area contributed by atoms with E-state index in [1.54, 1.807) is 0 Å². The molecule has 0 saturated carbocycles. The van der Waals surface area contributed by atoms with Crippen LogP contribution in [0.5, 0.6) is 17.2 Å². The Balaban J connectivity index is 3.62. The first-order valence-corrected chi connectivity index (χ1v) is 3.40. The van der Waals surface area contributed by atoms with E-state index in [1.165, 1.54) is 6.07 Å². The largest absolute Gasteiger partial charge is 0.504 e. The Labute approximate surface area is 77.9 Å². The second-order valence-electron chi connectivity index (χ2n) is 2.43. The first-order valence-electron chi connectivity index (χ1n) is 3.40. The smallest absolute Gasteiger partial charge is 0.337 e. The highest BCUT2D eigenvalue weighted by molar-refractivity contribution is 5.93. The molecule has 0 bridgehead atoms. The maximum Gasteiger partial charge on any atom is 0.337 e. The molecular formula is C8H5NO5. The van der Waals surface area contributed by atoms with Gasteiger partial charge in [-0.3, -0.25) is 0 Å². The molecule has 0 amide bonds. The highest BCUT2D eigenvalue weighted by Gasteiger charge is 2.20. The normalized spacial score (nSPS) is 9.36. The summed E-state index contributed by atoms with van der Waals surface area (Å²) >= 11 is 0. The zero-order valence-corrected chi connectivity index (χ0v) is 6.72. The topological polar surface area (TPSA) is 122 Å². The summed E-state index contributed by atoms with van der Waals surface area (Å²) in [5.41, 5.74) is -1.16. The number of nitrogens with zero attached hydrogens (tertiary/aromatic N) is 1. The molecule has 0 atom stereocenters. The second-order valence-corrected chi connectivity index (χ2v) is 2.43. The third kappa shape index (κ3) is 1.27. The van der Waals surface area contributed by atoms with Crippen molar-refractivity contribution in [3.05, 3.63) is 17.2 Å². The number of nitriles is 1. The molecule has 4 N–H and O–H groups in total. The summed E-state index contributed by atoms with van der Waals surface area (Å²) in [6.07, 6.45) is 0. The van der Waals surface area contributed by atoms with Crippen LogP contribution in [0, 0.1) is 11.3 Å². The number of benzene rings is 1. The maximum absolute atomic E-state index is 10.5. The van der Waals surface area contributed by atoms with Crippen LogP contribution >= 0.6 is 0 Å². The predicted molar refractivity (Wildman–Crippen MR) is 43.1 cm³/mol. The van der Waals surface area contributed by atoms with Crippen LogP contribution in [0.2, 0.25) is 0 Å². The lowest BCUT2D eigenvalue weighted by Crippen LogP contribution is -2.00. The van der Waals surface area contributed by atoms with Crippen molar-refractivity contribution in [3.63, 3.8) is 0 Å². The fourth-order valence-corrected chi connectivity index (χ4v) is 0.926. The van der Waals surface area contributed by atoms with E-state index in [0.717, 1.165) is 0 Å². The minimum atomic E-state index is -1.48. The Bertz CT molecular complexity index is 446. The number of carboxylic acids is 1. The molecular weight excluding hydrogens is 190 g/mol. The highest BCUT2D eigenvalue weighted by atomic mass is 16.4. The van der Waals surface area contributed by atoms with Crippen LogP contribution in [0.1, 0.15) is 15.9 Å². The monoisotopic (exact) mass is 195 g/mol. The van der Waals surface area contributed by atoms with Crippen molar-refractivity contribution >= 4 is 5.97 Å². The van der Waals surface area contributed by atoms with Crippen LogP contribution in [-0.2, 0) is 0 Å². The van der Waals surface area contributed by atoms with Gasteiger partial charge in [-0.2, -0.15) is 5.26 Å². The maximum atomic E-state index is 10.5. The molecule has 0 saturated heterocycles. The Morgan fingerprint density at radius 1 is 1.29 bits per heavy atom. The molecule has 0 fully saturated rings. The van der Waals surface area contributed by atoms with E-state index >= 15 is 0 Å². The van der Waals surface area contributed by atoms with E-state index in [-0.39, 0.29) is 0 Å². The van der Waals surface area contributed by atoms with E-state index in [9.17, 15) is 4.79 Å². The first-order chi connectivity index (χ1) is 6.49. The number of hydrogen-bond acceptors (Lipinski definition) is 5. The summed E-state index contributed by atoms with van der Waals surface area (Å²) in [5.74, 6) is -4.12. The first kappa shape index (κ1) is 9.67. The lowest BCUT2D eigenvalue weighted by molar-refractivity contribution is 0.0695. The van der Waals surface area contributed by atoms with E-state index in [2.05, 4.69) is 0 Å². The number of aromatic carboxylic acids is 1. The van der Waals surface area contributed by atoms with Gasteiger partial charge in [0.05, 0.1) is 5.56 Å². The van der Waals surface area contributed by atoms with Gasteiger partial charge in [0.2, 0.25) is 5.75 Å². The van der Waals surface area contributed by atoms with Crippen molar-refractivity contribution in [1.82, 2.24) is 0 Å². The van der Waals surface area contributed by atoms with Crippen molar-refractivity contribution < 1.29 is 25.2 Å². The molecule has 0 radical (unpaired) electrons. The molecule has 0 aliphatic carbocycles. The van der Waals surface area contributed by atoms with Crippen molar-refractivity contribution in [2.24, 2.45) is 0 Å². The van der Waals surface area contributed by atoms with Gasteiger partial charge in [-0.1, -0.05) is 0 Å². The Morgan fingerprint density at radius 2 is 1.86 bits per heavy atom. The summed E-state index contributed by atoms with van der Waals surface area (Å²) < 4.78 is 0.